The van der Waals surface area contributed by atoms with Gasteiger partial charge in [0.2, 0.25) is 5.91 Å². The van der Waals surface area contributed by atoms with E-state index in [1.165, 1.54) is 173 Å². The molecule has 0 aliphatic rings. The molecule has 308 valence electrons. The Hall–Kier alpha value is -1.59. The molecule has 0 aliphatic carbocycles. The van der Waals surface area contributed by atoms with Crippen LogP contribution in [0.25, 0.3) is 0 Å². The molecule has 1 atom stereocenters. The summed E-state index contributed by atoms with van der Waals surface area (Å²) in [5.41, 5.74) is 0. The number of rotatable bonds is 43. The molecule has 0 rings (SSSR count). The van der Waals surface area contributed by atoms with Gasteiger partial charge in [-0.25, -0.2) is 0 Å². The molecule has 0 heterocycles. The molecule has 1 unspecified atom stereocenters. The van der Waals surface area contributed by atoms with Crippen LogP contribution >= 0.6 is 0 Å². The molecule has 0 aromatic heterocycles. The number of aliphatic carboxylic acids is 1. The lowest BCUT2D eigenvalue weighted by atomic mass is 10.0. The Bertz CT molecular complexity index is 772. The highest BCUT2D eigenvalue weighted by Crippen LogP contribution is 2.19. The van der Waals surface area contributed by atoms with Crippen molar-refractivity contribution in [1.29, 1.82) is 0 Å². The summed E-state index contributed by atoms with van der Waals surface area (Å²) in [5, 5.41) is 11.1. The third kappa shape index (κ3) is 41.2. The summed E-state index contributed by atoms with van der Waals surface area (Å²) in [6.45, 7) is 4.25. The summed E-state index contributed by atoms with van der Waals surface area (Å²) in [4.78, 5) is 35.0. The predicted octanol–water partition coefficient (Wildman–Crippen LogP) is 14.4. The van der Waals surface area contributed by atoms with E-state index in [9.17, 15) is 14.4 Å². The van der Waals surface area contributed by atoms with Gasteiger partial charge in [-0.3, -0.25) is 14.4 Å². The van der Waals surface area contributed by atoms with E-state index >= 15 is 0 Å². The van der Waals surface area contributed by atoms with E-state index in [1.54, 1.807) is 0 Å². The Morgan fingerprint density at radius 2 is 0.712 bits per heavy atom. The van der Waals surface area contributed by atoms with Gasteiger partial charge in [-0.1, -0.05) is 213 Å². The van der Waals surface area contributed by atoms with E-state index in [2.05, 4.69) is 19.2 Å². The summed E-state index contributed by atoms with van der Waals surface area (Å²) in [5.74, 6) is -1.21. The van der Waals surface area contributed by atoms with Gasteiger partial charge >= 0.3 is 11.9 Å². The Labute approximate surface area is 323 Å². The van der Waals surface area contributed by atoms with Crippen LogP contribution in [-0.4, -0.2) is 35.6 Å². The van der Waals surface area contributed by atoms with Crippen LogP contribution < -0.4 is 5.32 Å². The number of carbonyl (C=O) groups is 3. The molecule has 0 saturated heterocycles. The summed E-state index contributed by atoms with van der Waals surface area (Å²) in [7, 11) is 0. The third-order valence-corrected chi connectivity index (χ3v) is 10.8. The summed E-state index contributed by atoms with van der Waals surface area (Å²) >= 11 is 0. The van der Waals surface area contributed by atoms with Crippen LogP contribution in [0.1, 0.15) is 264 Å². The Morgan fingerprint density at radius 3 is 1.04 bits per heavy atom. The lowest BCUT2D eigenvalue weighted by molar-refractivity contribution is -0.150. The maximum Gasteiger partial charge on any atom is 0.322 e. The number of amides is 1. The van der Waals surface area contributed by atoms with Crippen molar-refractivity contribution in [2.24, 2.45) is 0 Å². The molecule has 6 heteroatoms. The highest BCUT2D eigenvalue weighted by atomic mass is 16.5. The summed E-state index contributed by atoms with van der Waals surface area (Å²) in [6, 6.07) is 0. The van der Waals surface area contributed by atoms with E-state index in [1.807, 2.05) is 0 Å². The molecule has 0 aromatic carbocycles. The largest absolute Gasteiger partial charge is 0.480 e. The highest BCUT2D eigenvalue weighted by Gasteiger charge is 2.14. The van der Waals surface area contributed by atoms with Crippen molar-refractivity contribution in [3.8, 4) is 0 Å². The van der Waals surface area contributed by atoms with E-state index in [0.717, 1.165) is 64.2 Å². The van der Waals surface area contributed by atoms with Crippen LogP contribution in [0.4, 0.5) is 0 Å². The molecule has 0 radical (unpaired) electrons. The number of unbranched alkanes of at least 4 members (excludes halogenated alkanes) is 32. The maximum absolute atomic E-state index is 12.8. The Balaban J connectivity index is 3.97. The number of hydrogen-bond acceptors (Lipinski definition) is 4. The van der Waals surface area contributed by atoms with Gasteiger partial charge in [0.15, 0.2) is 0 Å². The van der Waals surface area contributed by atoms with Crippen molar-refractivity contribution < 1.29 is 24.2 Å². The molecule has 6 nitrogen and oxygen atoms in total. The minimum Gasteiger partial charge on any atom is -0.480 e. The molecule has 0 spiro atoms. The second-order valence-electron chi connectivity index (χ2n) is 16.0. The Morgan fingerprint density at radius 1 is 0.423 bits per heavy atom. The van der Waals surface area contributed by atoms with E-state index in [0.29, 0.717) is 12.8 Å². The van der Waals surface area contributed by atoms with E-state index in [-0.39, 0.29) is 24.5 Å². The first-order chi connectivity index (χ1) is 25.5. The van der Waals surface area contributed by atoms with Gasteiger partial charge in [-0.05, 0) is 38.5 Å². The standard InChI is InChI=1S/C46H89NO5/c1-3-5-7-9-11-13-15-16-17-18-19-20-21-22-23-24-26-28-33-37-41-46(51)52-43(38-34-30-27-25-14-12-10-8-6-4-2)39-35-31-29-32-36-40-44(48)47-42-45(49)50/h43H,3-42H2,1-2H3,(H,47,48)(H,49,50). The molecule has 0 bridgehead atoms. The molecule has 2 N–H and O–H groups in total. The fourth-order valence-corrected chi connectivity index (χ4v) is 7.34. The lowest BCUT2D eigenvalue weighted by Gasteiger charge is -2.18. The van der Waals surface area contributed by atoms with Gasteiger partial charge in [0.25, 0.3) is 0 Å². The van der Waals surface area contributed by atoms with Crippen LogP contribution in [0.5, 0.6) is 0 Å². The molecule has 52 heavy (non-hydrogen) atoms. The van der Waals surface area contributed by atoms with Gasteiger partial charge in [-0.2, -0.15) is 0 Å². The third-order valence-electron chi connectivity index (χ3n) is 10.8. The fourth-order valence-electron chi connectivity index (χ4n) is 7.34. The zero-order valence-electron chi connectivity index (χ0n) is 34.9. The average molecular weight is 736 g/mol. The molecule has 0 aromatic rings. The topological polar surface area (TPSA) is 92.7 Å². The van der Waals surface area contributed by atoms with Crippen molar-refractivity contribution in [1.82, 2.24) is 5.32 Å². The fraction of sp³-hybridized carbons (Fsp3) is 0.935. The zero-order chi connectivity index (χ0) is 38.0. The molecular formula is C46H89NO5. The molecule has 1 amide bonds. The predicted molar refractivity (Wildman–Crippen MR) is 222 cm³/mol. The van der Waals surface area contributed by atoms with Crippen LogP contribution in [0.15, 0.2) is 0 Å². The lowest BCUT2D eigenvalue weighted by Crippen LogP contribution is -2.28. The smallest absolute Gasteiger partial charge is 0.322 e. The van der Waals surface area contributed by atoms with E-state index < -0.39 is 5.97 Å². The number of carboxylic acids is 1. The van der Waals surface area contributed by atoms with Crippen LogP contribution in [0.3, 0.4) is 0 Å². The van der Waals surface area contributed by atoms with Crippen molar-refractivity contribution in [3.63, 3.8) is 0 Å². The second-order valence-corrected chi connectivity index (χ2v) is 16.0. The second kappa shape index (κ2) is 42.2. The highest BCUT2D eigenvalue weighted by molar-refractivity contribution is 5.80. The van der Waals surface area contributed by atoms with Crippen molar-refractivity contribution in [2.75, 3.05) is 6.54 Å². The SMILES string of the molecule is CCCCCCCCCCCCCCCCCCCCCCC(=O)OC(CCCCCCCCCCCC)CCCCCCCC(=O)NCC(=O)O. The molecule has 0 saturated carbocycles. The van der Waals surface area contributed by atoms with Gasteiger partial charge in [0.1, 0.15) is 12.6 Å². The zero-order valence-corrected chi connectivity index (χ0v) is 34.9. The first-order valence-corrected chi connectivity index (χ1v) is 23.2. The number of nitrogens with one attached hydrogen (secondary N) is 1. The first-order valence-electron chi connectivity index (χ1n) is 23.2. The monoisotopic (exact) mass is 736 g/mol. The minimum absolute atomic E-state index is 0.00754. The Kier molecular flexibility index (Phi) is 40.9. The number of esters is 1. The minimum atomic E-state index is -1.01. The van der Waals surface area contributed by atoms with Crippen LogP contribution in [0, 0.1) is 0 Å². The summed E-state index contributed by atoms with van der Waals surface area (Å²) in [6.07, 6.45) is 48.1. The molecule has 0 fully saturated rings. The maximum atomic E-state index is 12.8. The number of carbonyl (C=O) groups excluding carboxylic acids is 2. The van der Waals surface area contributed by atoms with Crippen LogP contribution in [0.2, 0.25) is 0 Å². The number of hydrogen-bond donors (Lipinski definition) is 2. The first kappa shape index (κ1) is 50.4. The van der Waals surface area contributed by atoms with Crippen LogP contribution in [-0.2, 0) is 19.1 Å². The number of ether oxygens (including phenoxy) is 1. The average Bonchev–Trinajstić information content (AvgIpc) is 3.13. The summed E-state index contributed by atoms with van der Waals surface area (Å²) < 4.78 is 6.04. The normalized spacial score (nSPS) is 11.9. The van der Waals surface area contributed by atoms with Gasteiger partial charge < -0.3 is 15.2 Å². The quantitative estimate of drug-likeness (QED) is 0.0480. The van der Waals surface area contributed by atoms with E-state index in [4.69, 9.17) is 9.84 Å². The molecular weight excluding hydrogens is 647 g/mol. The van der Waals surface area contributed by atoms with Crippen molar-refractivity contribution >= 4 is 17.8 Å². The van der Waals surface area contributed by atoms with Crippen molar-refractivity contribution in [2.45, 2.75) is 270 Å². The van der Waals surface area contributed by atoms with Crippen molar-refractivity contribution in [3.05, 3.63) is 0 Å². The van der Waals surface area contributed by atoms with Gasteiger partial charge in [-0.15, -0.1) is 0 Å². The molecule has 0 aliphatic heterocycles. The number of carboxylic acid groups (broad SMARTS) is 1. The van der Waals surface area contributed by atoms with Gasteiger partial charge in [0, 0.05) is 12.8 Å². The van der Waals surface area contributed by atoms with Gasteiger partial charge in [0.05, 0.1) is 0 Å².